The second kappa shape index (κ2) is 7.74. The molecule has 0 bridgehead atoms. The number of benzene rings is 2. The first-order chi connectivity index (χ1) is 10.9. The van der Waals surface area contributed by atoms with Crippen LogP contribution in [0.5, 0.6) is 0 Å². The first kappa shape index (κ1) is 14.8. The minimum atomic E-state index is 0.314. The zero-order chi connectivity index (χ0) is 15.0. The van der Waals surface area contributed by atoms with E-state index in [0.29, 0.717) is 12.1 Å². The zero-order valence-corrected chi connectivity index (χ0v) is 12.7. The Balaban J connectivity index is 1.69. The van der Waals surface area contributed by atoms with E-state index in [1.165, 1.54) is 11.1 Å². The van der Waals surface area contributed by atoms with E-state index in [0.717, 1.165) is 13.1 Å². The van der Waals surface area contributed by atoms with Gasteiger partial charge in [-0.3, -0.25) is 0 Å². The lowest BCUT2D eigenvalue weighted by Gasteiger charge is -2.29. The van der Waals surface area contributed by atoms with Gasteiger partial charge in [-0.15, -0.1) is 0 Å². The number of piperazine rings is 1. The molecule has 2 aromatic carbocycles. The topological polar surface area (TPSA) is 24.1 Å². The van der Waals surface area contributed by atoms with E-state index in [1.807, 2.05) is 12.1 Å². The molecule has 1 fully saturated rings. The number of rotatable bonds is 4. The van der Waals surface area contributed by atoms with Gasteiger partial charge < -0.3 is 10.6 Å². The van der Waals surface area contributed by atoms with Gasteiger partial charge in [-0.1, -0.05) is 85.0 Å². The van der Waals surface area contributed by atoms with Crippen LogP contribution in [0.15, 0.2) is 72.8 Å². The number of nitrogens with one attached hydrogen (secondary N) is 2. The molecule has 2 heteroatoms. The van der Waals surface area contributed by atoms with Gasteiger partial charge in [-0.2, -0.15) is 0 Å². The van der Waals surface area contributed by atoms with Crippen molar-refractivity contribution in [2.24, 2.45) is 0 Å². The van der Waals surface area contributed by atoms with Crippen LogP contribution >= 0.6 is 0 Å². The van der Waals surface area contributed by atoms with E-state index in [1.54, 1.807) is 0 Å². The Labute approximate surface area is 132 Å². The van der Waals surface area contributed by atoms with Crippen molar-refractivity contribution in [3.05, 3.63) is 83.9 Å². The number of hydrogen-bond acceptors (Lipinski definition) is 2. The summed E-state index contributed by atoms with van der Waals surface area (Å²) in [6, 6.07) is 21.5. The molecule has 0 unspecified atom stereocenters. The van der Waals surface area contributed by atoms with Crippen LogP contribution in [0.3, 0.4) is 0 Å². The van der Waals surface area contributed by atoms with Crippen molar-refractivity contribution >= 4 is 12.2 Å². The van der Waals surface area contributed by atoms with Gasteiger partial charge in [0.05, 0.1) is 0 Å². The highest BCUT2D eigenvalue weighted by molar-refractivity contribution is 5.52. The van der Waals surface area contributed by atoms with E-state index in [9.17, 15) is 0 Å². The van der Waals surface area contributed by atoms with Crippen LogP contribution in [0.25, 0.3) is 12.2 Å². The second-order valence-electron chi connectivity index (χ2n) is 5.50. The molecule has 2 nitrogen and oxygen atoms in total. The summed E-state index contributed by atoms with van der Waals surface area (Å²) in [5.74, 6) is 0. The normalized spacial score (nSPS) is 22.4. The lowest BCUT2D eigenvalue weighted by Crippen LogP contribution is -2.54. The highest BCUT2D eigenvalue weighted by Gasteiger charge is 2.19. The molecule has 1 aliphatic rings. The van der Waals surface area contributed by atoms with Gasteiger partial charge in [0.2, 0.25) is 0 Å². The SMILES string of the molecule is C(=C\[C@H]1NCCN[C@@H]1/C=C/c1ccccc1)/c1ccccc1. The molecule has 0 aliphatic carbocycles. The molecule has 1 heterocycles. The van der Waals surface area contributed by atoms with Crippen molar-refractivity contribution in [1.82, 2.24) is 10.6 Å². The fourth-order valence-corrected chi connectivity index (χ4v) is 2.66. The van der Waals surface area contributed by atoms with Crippen LogP contribution < -0.4 is 10.6 Å². The summed E-state index contributed by atoms with van der Waals surface area (Å²) in [6.45, 7) is 2.00. The van der Waals surface area contributed by atoms with Crippen molar-refractivity contribution in [2.75, 3.05) is 13.1 Å². The molecular weight excluding hydrogens is 268 g/mol. The largest absolute Gasteiger partial charge is 0.308 e. The Morgan fingerprint density at radius 1 is 0.636 bits per heavy atom. The van der Waals surface area contributed by atoms with Crippen LogP contribution in [0.1, 0.15) is 11.1 Å². The average molecular weight is 290 g/mol. The summed E-state index contributed by atoms with van der Waals surface area (Å²) in [5.41, 5.74) is 2.47. The molecule has 3 rings (SSSR count). The highest BCUT2D eigenvalue weighted by atomic mass is 15.1. The van der Waals surface area contributed by atoms with Crippen molar-refractivity contribution < 1.29 is 0 Å². The summed E-state index contributed by atoms with van der Waals surface area (Å²) < 4.78 is 0. The van der Waals surface area contributed by atoms with Crippen molar-refractivity contribution in [3.63, 3.8) is 0 Å². The van der Waals surface area contributed by atoms with Crippen LogP contribution in [0.4, 0.5) is 0 Å². The Bertz CT molecular complexity index is 559. The molecule has 2 atom stereocenters. The molecule has 0 aromatic heterocycles. The third-order valence-corrected chi connectivity index (χ3v) is 3.86. The molecule has 2 aromatic rings. The summed E-state index contributed by atoms with van der Waals surface area (Å²) in [7, 11) is 0. The van der Waals surface area contributed by atoms with E-state index in [4.69, 9.17) is 0 Å². The standard InChI is InChI=1S/C20H22N2/c1-3-7-17(8-4-1)11-13-19-20(22-16-15-21-19)14-12-18-9-5-2-6-10-18/h1-14,19-22H,15-16H2/b13-11+,14-12+/t19-,20-/m1/s1. The Kier molecular flexibility index (Phi) is 5.19. The summed E-state index contributed by atoms with van der Waals surface area (Å²) >= 11 is 0. The van der Waals surface area contributed by atoms with Crippen LogP contribution in [-0.2, 0) is 0 Å². The van der Waals surface area contributed by atoms with E-state index in [2.05, 4.69) is 83.5 Å². The third-order valence-electron chi connectivity index (χ3n) is 3.86. The second-order valence-corrected chi connectivity index (χ2v) is 5.50. The lowest BCUT2D eigenvalue weighted by atomic mass is 10.0. The maximum Gasteiger partial charge on any atom is 0.0445 e. The monoisotopic (exact) mass is 290 g/mol. The number of hydrogen-bond donors (Lipinski definition) is 2. The molecule has 0 radical (unpaired) electrons. The molecule has 0 amide bonds. The predicted molar refractivity (Wildman–Crippen MR) is 94.5 cm³/mol. The maximum atomic E-state index is 3.58. The van der Waals surface area contributed by atoms with Gasteiger partial charge in [-0.25, -0.2) is 0 Å². The first-order valence-corrected chi connectivity index (χ1v) is 7.85. The zero-order valence-electron chi connectivity index (χ0n) is 12.7. The molecular formula is C20H22N2. The Hall–Kier alpha value is -2.16. The van der Waals surface area contributed by atoms with Crippen LogP contribution in [0.2, 0.25) is 0 Å². The summed E-state index contributed by atoms with van der Waals surface area (Å²) in [4.78, 5) is 0. The van der Waals surface area contributed by atoms with Crippen LogP contribution in [0, 0.1) is 0 Å². The molecule has 1 saturated heterocycles. The van der Waals surface area contributed by atoms with Crippen molar-refractivity contribution in [3.8, 4) is 0 Å². The van der Waals surface area contributed by atoms with Gasteiger partial charge in [0.15, 0.2) is 0 Å². The minimum Gasteiger partial charge on any atom is -0.308 e. The fourth-order valence-electron chi connectivity index (χ4n) is 2.66. The van der Waals surface area contributed by atoms with Gasteiger partial charge in [0.1, 0.15) is 0 Å². The average Bonchev–Trinajstić information content (AvgIpc) is 2.61. The van der Waals surface area contributed by atoms with E-state index < -0.39 is 0 Å². The molecule has 0 saturated carbocycles. The quantitative estimate of drug-likeness (QED) is 0.902. The molecule has 1 aliphatic heterocycles. The third kappa shape index (κ3) is 4.17. The predicted octanol–water partition coefficient (Wildman–Crippen LogP) is 3.34. The summed E-state index contributed by atoms with van der Waals surface area (Å²) in [6.07, 6.45) is 8.88. The van der Waals surface area contributed by atoms with Crippen molar-refractivity contribution in [1.29, 1.82) is 0 Å². The van der Waals surface area contributed by atoms with Crippen LogP contribution in [-0.4, -0.2) is 25.2 Å². The molecule has 112 valence electrons. The van der Waals surface area contributed by atoms with E-state index >= 15 is 0 Å². The van der Waals surface area contributed by atoms with E-state index in [-0.39, 0.29) is 0 Å². The minimum absolute atomic E-state index is 0.314. The fraction of sp³-hybridized carbons (Fsp3) is 0.200. The molecule has 22 heavy (non-hydrogen) atoms. The maximum absolute atomic E-state index is 3.58. The first-order valence-electron chi connectivity index (χ1n) is 7.85. The summed E-state index contributed by atoms with van der Waals surface area (Å²) in [5, 5.41) is 7.15. The highest BCUT2D eigenvalue weighted by Crippen LogP contribution is 2.09. The Morgan fingerprint density at radius 2 is 1.05 bits per heavy atom. The lowest BCUT2D eigenvalue weighted by molar-refractivity contribution is 0.412. The van der Waals surface area contributed by atoms with Gasteiger partial charge in [0, 0.05) is 25.2 Å². The van der Waals surface area contributed by atoms with Gasteiger partial charge in [0.25, 0.3) is 0 Å². The van der Waals surface area contributed by atoms with Gasteiger partial charge in [-0.05, 0) is 11.1 Å². The molecule has 2 N–H and O–H groups in total. The molecule has 0 spiro atoms. The van der Waals surface area contributed by atoms with Gasteiger partial charge >= 0.3 is 0 Å². The van der Waals surface area contributed by atoms with Crippen molar-refractivity contribution in [2.45, 2.75) is 12.1 Å². The smallest absolute Gasteiger partial charge is 0.0445 e. The Morgan fingerprint density at radius 3 is 1.45 bits per heavy atom.